The highest BCUT2D eigenvalue weighted by Gasteiger charge is 2.18. The van der Waals surface area contributed by atoms with Crippen molar-refractivity contribution in [3.63, 3.8) is 0 Å². The van der Waals surface area contributed by atoms with Gasteiger partial charge in [-0.2, -0.15) is 0 Å². The second kappa shape index (κ2) is 8.65. The molecule has 0 radical (unpaired) electrons. The molecule has 1 aliphatic rings. The van der Waals surface area contributed by atoms with Gasteiger partial charge in [0.15, 0.2) is 11.0 Å². The summed E-state index contributed by atoms with van der Waals surface area (Å²) in [6.45, 7) is 2.03. The Hall–Kier alpha value is -2.87. The Bertz CT molecular complexity index is 1020. The van der Waals surface area contributed by atoms with Crippen LogP contribution < -0.4 is 10.2 Å². The third-order valence-electron chi connectivity index (χ3n) is 4.91. The Kier molecular flexibility index (Phi) is 5.80. The van der Waals surface area contributed by atoms with Gasteiger partial charge in [0.05, 0.1) is 22.7 Å². The SMILES string of the molecule is Cn1c(SCC(=O)Nc2ccccc2N2CCCC2)nnc1-c1ccccc1F. The molecule has 2 heterocycles. The lowest BCUT2D eigenvalue weighted by Crippen LogP contribution is -2.21. The van der Waals surface area contributed by atoms with E-state index in [1.807, 2.05) is 24.3 Å². The fraction of sp³-hybridized carbons (Fsp3) is 0.286. The van der Waals surface area contributed by atoms with Gasteiger partial charge < -0.3 is 14.8 Å². The molecule has 1 saturated heterocycles. The number of benzene rings is 2. The topological polar surface area (TPSA) is 63.1 Å². The number of aromatic nitrogens is 3. The summed E-state index contributed by atoms with van der Waals surface area (Å²) in [6.07, 6.45) is 2.35. The Labute approximate surface area is 173 Å². The van der Waals surface area contributed by atoms with Crippen LogP contribution in [-0.4, -0.2) is 39.5 Å². The Morgan fingerprint density at radius 2 is 1.83 bits per heavy atom. The van der Waals surface area contributed by atoms with Crippen molar-refractivity contribution in [2.24, 2.45) is 7.05 Å². The molecule has 1 N–H and O–H groups in total. The largest absolute Gasteiger partial charge is 0.370 e. The number of carbonyl (C=O) groups is 1. The lowest BCUT2D eigenvalue weighted by Gasteiger charge is -2.21. The highest BCUT2D eigenvalue weighted by atomic mass is 32.2. The fourth-order valence-corrected chi connectivity index (χ4v) is 4.16. The molecule has 8 heteroatoms. The number of nitrogens with one attached hydrogen (secondary N) is 1. The van der Waals surface area contributed by atoms with Gasteiger partial charge in [0.1, 0.15) is 5.82 Å². The second-order valence-corrected chi connectivity index (χ2v) is 7.84. The van der Waals surface area contributed by atoms with Crippen molar-refractivity contribution in [1.29, 1.82) is 0 Å². The Balaban J connectivity index is 1.42. The van der Waals surface area contributed by atoms with Crippen LogP contribution in [-0.2, 0) is 11.8 Å². The van der Waals surface area contributed by atoms with Crippen LogP contribution >= 0.6 is 11.8 Å². The van der Waals surface area contributed by atoms with Gasteiger partial charge >= 0.3 is 0 Å². The minimum Gasteiger partial charge on any atom is -0.370 e. The van der Waals surface area contributed by atoms with E-state index in [-0.39, 0.29) is 17.5 Å². The van der Waals surface area contributed by atoms with Gasteiger partial charge in [-0.3, -0.25) is 4.79 Å². The number of rotatable bonds is 6. The number of anilines is 2. The number of nitrogens with zero attached hydrogens (tertiary/aromatic N) is 4. The Morgan fingerprint density at radius 1 is 1.10 bits per heavy atom. The third-order valence-corrected chi connectivity index (χ3v) is 5.93. The lowest BCUT2D eigenvalue weighted by molar-refractivity contribution is -0.113. The summed E-state index contributed by atoms with van der Waals surface area (Å²) in [4.78, 5) is 14.8. The predicted molar refractivity (Wildman–Crippen MR) is 114 cm³/mol. The average Bonchev–Trinajstić information content (AvgIpc) is 3.38. The summed E-state index contributed by atoms with van der Waals surface area (Å²) in [7, 11) is 1.77. The van der Waals surface area contributed by atoms with Crippen LogP contribution in [0, 0.1) is 5.82 Å². The third kappa shape index (κ3) is 4.27. The fourth-order valence-electron chi connectivity index (χ4n) is 3.45. The first kappa shape index (κ1) is 19.4. The number of para-hydroxylation sites is 2. The molecule has 0 spiro atoms. The maximum atomic E-state index is 14.0. The van der Waals surface area contributed by atoms with E-state index in [4.69, 9.17) is 0 Å². The minimum absolute atomic E-state index is 0.114. The normalized spacial score (nSPS) is 13.7. The van der Waals surface area contributed by atoms with Crippen LogP contribution in [0.5, 0.6) is 0 Å². The molecular weight excluding hydrogens is 389 g/mol. The summed E-state index contributed by atoms with van der Waals surface area (Å²) >= 11 is 1.28. The summed E-state index contributed by atoms with van der Waals surface area (Å²) in [5.41, 5.74) is 2.27. The van der Waals surface area contributed by atoms with Crippen molar-refractivity contribution in [1.82, 2.24) is 14.8 Å². The van der Waals surface area contributed by atoms with E-state index < -0.39 is 0 Å². The van der Waals surface area contributed by atoms with Crippen LogP contribution in [0.15, 0.2) is 53.7 Å². The summed E-state index contributed by atoms with van der Waals surface area (Å²) in [5.74, 6) is 0.163. The van der Waals surface area contributed by atoms with Crippen molar-refractivity contribution < 1.29 is 9.18 Å². The van der Waals surface area contributed by atoms with Crippen molar-refractivity contribution in [3.05, 3.63) is 54.3 Å². The number of halogens is 1. The molecule has 4 rings (SSSR count). The quantitative estimate of drug-likeness (QED) is 0.622. The smallest absolute Gasteiger partial charge is 0.234 e. The zero-order chi connectivity index (χ0) is 20.2. The molecule has 150 valence electrons. The van der Waals surface area contributed by atoms with E-state index in [1.54, 1.807) is 29.8 Å². The first-order valence-corrected chi connectivity index (χ1v) is 10.5. The number of thioether (sulfide) groups is 1. The van der Waals surface area contributed by atoms with Crippen molar-refractivity contribution in [3.8, 4) is 11.4 Å². The van der Waals surface area contributed by atoms with E-state index in [0.717, 1.165) is 24.5 Å². The van der Waals surface area contributed by atoms with Crippen molar-refractivity contribution >= 4 is 29.0 Å². The van der Waals surface area contributed by atoms with Gasteiger partial charge in [-0.25, -0.2) is 4.39 Å². The zero-order valence-electron chi connectivity index (χ0n) is 16.1. The molecule has 1 aliphatic heterocycles. The van der Waals surface area contributed by atoms with Gasteiger partial charge in [0.2, 0.25) is 5.91 Å². The van der Waals surface area contributed by atoms with E-state index in [0.29, 0.717) is 16.5 Å². The number of amides is 1. The van der Waals surface area contributed by atoms with Gasteiger partial charge in [-0.05, 0) is 37.1 Å². The monoisotopic (exact) mass is 411 g/mol. The number of carbonyl (C=O) groups excluding carboxylic acids is 1. The molecule has 3 aromatic rings. The number of hydrogen-bond acceptors (Lipinski definition) is 5. The average molecular weight is 412 g/mol. The lowest BCUT2D eigenvalue weighted by atomic mass is 10.2. The van der Waals surface area contributed by atoms with Gasteiger partial charge in [-0.15, -0.1) is 10.2 Å². The van der Waals surface area contributed by atoms with Gasteiger partial charge in [-0.1, -0.05) is 36.0 Å². The summed E-state index contributed by atoms with van der Waals surface area (Å²) in [6, 6.07) is 14.3. The number of hydrogen-bond donors (Lipinski definition) is 1. The molecule has 2 aromatic carbocycles. The second-order valence-electron chi connectivity index (χ2n) is 6.89. The maximum absolute atomic E-state index is 14.0. The molecule has 6 nitrogen and oxygen atoms in total. The molecule has 0 saturated carbocycles. The highest BCUT2D eigenvalue weighted by molar-refractivity contribution is 7.99. The van der Waals surface area contributed by atoms with Crippen molar-refractivity contribution in [2.45, 2.75) is 18.0 Å². The molecule has 1 amide bonds. The van der Waals surface area contributed by atoms with E-state index in [1.165, 1.54) is 30.7 Å². The molecule has 29 heavy (non-hydrogen) atoms. The standard InChI is InChI=1S/C21H22FN5OS/c1-26-20(15-8-2-3-9-16(15)22)24-25-21(26)29-14-19(28)23-17-10-4-5-11-18(17)27-12-6-7-13-27/h2-5,8-11H,6-7,12-14H2,1H3,(H,23,28). The maximum Gasteiger partial charge on any atom is 0.234 e. The van der Waals surface area contributed by atoms with Gasteiger partial charge in [0, 0.05) is 20.1 Å². The van der Waals surface area contributed by atoms with E-state index in [2.05, 4.69) is 20.4 Å². The molecule has 0 atom stereocenters. The highest BCUT2D eigenvalue weighted by Crippen LogP contribution is 2.29. The van der Waals surface area contributed by atoms with Crippen LogP contribution in [0.25, 0.3) is 11.4 Å². The molecule has 1 fully saturated rings. The molecule has 0 bridgehead atoms. The Morgan fingerprint density at radius 3 is 2.62 bits per heavy atom. The first-order valence-electron chi connectivity index (χ1n) is 9.54. The first-order chi connectivity index (χ1) is 14.1. The van der Waals surface area contributed by atoms with Crippen LogP contribution in [0.2, 0.25) is 0 Å². The van der Waals surface area contributed by atoms with Crippen molar-refractivity contribution in [2.75, 3.05) is 29.1 Å². The molecule has 0 unspecified atom stereocenters. The zero-order valence-corrected chi connectivity index (χ0v) is 17.0. The minimum atomic E-state index is -0.351. The molecular formula is C21H22FN5OS. The van der Waals surface area contributed by atoms with E-state index in [9.17, 15) is 9.18 Å². The van der Waals surface area contributed by atoms with Crippen LogP contribution in [0.3, 0.4) is 0 Å². The van der Waals surface area contributed by atoms with Crippen LogP contribution in [0.4, 0.5) is 15.8 Å². The molecule has 1 aromatic heterocycles. The molecule has 0 aliphatic carbocycles. The van der Waals surface area contributed by atoms with Gasteiger partial charge in [0.25, 0.3) is 0 Å². The predicted octanol–water partition coefficient (Wildman–Crippen LogP) is 3.95. The van der Waals surface area contributed by atoms with Crippen LogP contribution in [0.1, 0.15) is 12.8 Å². The van der Waals surface area contributed by atoms with E-state index >= 15 is 0 Å². The summed E-state index contributed by atoms with van der Waals surface area (Å²) < 4.78 is 15.7. The summed E-state index contributed by atoms with van der Waals surface area (Å²) in [5, 5.41) is 11.8.